The third-order valence-electron chi connectivity index (χ3n) is 6.32. The quantitative estimate of drug-likeness (QED) is 0.365. The Morgan fingerprint density at radius 2 is 2.09 bits per heavy atom. The lowest BCUT2D eigenvalue weighted by atomic mass is 9.96. The molecule has 4 rings (SSSR count). The zero-order valence-corrected chi connectivity index (χ0v) is 21.3. The van der Waals surface area contributed by atoms with Crippen LogP contribution in [-0.4, -0.2) is 62.6 Å². The van der Waals surface area contributed by atoms with E-state index >= 15 is 0 Å². The van der Waals surface area contributed by atoms with Gasteiger partial charge in [0.2, 0.25) is 10.0 Å². The maximum Gasteiger partial charge on any atom is 0.229 e. The number of nitrogens with one attached hydrogen (secondary N) is 3. The van der Waals surface area contributed by atoms with Gasteiger partial charge in [-0.3, -0.25) is 4.72 Å². The van der Waals surface area contributed by atoms with Gasteiger partial charge < -0.3 is 24.9 Å². The topological polar surface area (TPSA) is 110 Å². The van der Waals surface area contributed by atoms with Crippen molar-refractivity contribution in [3.8, 4) is 0 Å². The Bertz CT molecular complexity index is 1280. The summed E-state index contributed by atoms with van der Waals surface area (Å²) in [5.41, 5.74) is 2.42. The lowest BCUT2D eigenvalue weighted by molar-refractivity contribution is -0.109. The summed E-state index contributed by atoms with van der Waals surface area (Å²) in [4.78, 5) is 24.8. The number of hydrogen-bond donors (Lipinski definition) is 3. The maximum atomic E-state index is 12.2. The van der Waals surface area contributed by atoms with Crippen LogP contribution in [0.1, 0.15) is 33.1 Å². The second kappa shape index (κ2) is 10.6. The molecular formula is C25H34N6O3S. The third kappa shape index (κ3) is 5.70. The molecule has 188 valence electrons. The number of carbonyl (C=O) groups is 1. The minimum absolute atomic E-state index is 0.198. The number of piperidine rings is 1. The van der Waals surface area contributed by atoms with Crippen molar-refractivity contribution in [2.75, 3.05) is 45.7 Å². The number of aromatic nitrogens is 2. The predicted molar refractivity (Wildman–Crippen MR) is 143 cm³/mol. The maximum absolute atomic E-state index is 12.2. The molecule has 0 amide bonds. The second-order valence-electron chi connectivity index (χ2n) is 9.00. The fraction of sp³-hybridized carbons (Fsp3) is 0.440. The van der Waals surface area contributed by atoms with Gasteiger partial charge in [0.05, 0.1) is 18.0 Å². The van der Waals surface area contributed by atoms with Gasteiger partial charge in [0, 0.05) is 48.5 Å². The molecule has 2 atom stereocenters. The van der Waals surface area contributed by atoms with Crippen molar-refractivity contribution in [2.24, 2.45) is 0 Å². The molecule has 0 saturated carbocycles. The summed E-state index contributed by atoms with van der Waals surface area (Å²) < 4.78 is 25.7. The summed E-state index contributed by atoms with van der Waals surface area (Å²) in [6.07, 6.45) is 6.56. The van der Waals surface area contributed by atoms with Gasteiger partial charge in [-0.1, -0.05) is 6.92 Å². The Labute approximate surface area is 207 Å². The summed E-state index contributed by atoms with van der Waals surface area (Å²) in [7, 11) is -3.35. The van der Waals surface area contributed by atoms with Gasteiger partial charge in [-0.15, -0.1) is 0 Å². The first-order chi connectivity index (χ1) is 16.8. The van der Waals surface area contributed by atoms with Crippen molar-refractivity contribution in [1.82, 2.24) is 9.97 Å². The van der Waals surface area contributed by atoms with Crippen LogP contribution in [0.3, 0.4) is 0 Å². The molecule has 1 saturated heterocycles. The Balaban J connectivity index is 1.57. The summed E-state index contributed by atoms with van der Waals surface area (Å²) in [5, 5.41) is 4.30. The Morgan fingerprint density at radius 1 is 1.26 bits per heavy atom. The van der Waals surface area contributed by atoms with Gasteiger partial charge in [-0.2, -0.15) is 0 Å². The highest BCUT2D eigenvalue weighted by Gasteiger charge is 2.33. The van der Waals surface area contributed by atoms with Crippen LogP contribution in [-0.2, 0) is 14.8 Å². The van der Waals surface area contributed by atoms with Crippen LogP contribution in [0.5, 0.6) is 0 Å². The van der Waals surface area contributed by atoms with Crippen molar-refractivity contribution >= 4 is 50.2 Å². The minimum atomic E-state index is -3.35. The van der Waals surface area contributed by atoms with Gasteiger partial charge in [0.15, 0.2) is 5.82 Å². The molecule has 3 aromatic rings. The average Bonchev–Trinajstić information content (AvgIpc) is 3.25. The molecule has 3 N–H and O–H groups in total. The molecule has 1 aliphatic heterocycles. The summed E-state index contributed by atoms with van der Waals surface area (Å²) >= 11 is 0. The molecule has 2 aromatic heterocycles. The average molecular weight is 499 g/mol. The summed E-state index contributed by atoms with van der Waals surface area (Å²) in [6.45, 7) is 6.64. The zero-order valence-electron chi connectivity index (χ0n) is 20.5. The number of pyridine rings is 1. The van der Waals surface area contributed by atoms with Crippen molar-refractivity contribution in [1.29, 1.82) is 0 Å². The lowest BCUT2D eigenvalue weighted by Crippen LogP contribution is -2.51. The van der Waals surface area contributed by atoms with E-state index in [1.165, 1.54) is 0 Å². The van der Waals surface area contributed by atoms with Gasteiger partial charge >= 0.3 is 0 Å². The Hall–Kier alpha value is -3.27. The van der Waals surface area contributed by atoms with E-state index in [9.17, 15) is 13.2 Å². The molecule has 10 heteroatoms. The molecule has 9 nitrogen and oxygen atoms in total. The molecule has 2 unspecified atom stereocenters. The first kappa shape index (κ1) is 24.8. The molecule has 1 fully saturated rings. The lowest BCUT2D eigenvalue weighted by Gasteiger charge is -2.43. The minimum Gasteiger partial charge on any atom is -0.382 e. The fourth-order valence-corrected chi connectivity index (χ4v) is 5.45. The molecule has 35 heavy (non-hydrogen) atoms. The Kier molecular flexibility index (Phi) is 7.49. The molecule has 0 bridgehead atoms. The van der Waals surface area contributed by atoms with Gasteiger partial charge in [0.1, 0.15) is 12.1 Å². The number of fused-ring (bicyclic) bond motifs is 1. The second-order valence-corrected chi connectivity index (χ2v) is 10.8. The molecular weight excluding hydrogens is 464 g/mol. The highest BCUT2D eigenvalue weighted by Crippen LogP contribution is 2.33. The number of anilines is 4. The van der Waals surface area contributed by atoms with E-state index in [2.05, 4.69) is 49.7 Å². The first-order valence-corrected chi connectivity index (χ1v) is 14.0. The van der Waals surface area contributed by atoms with Crippen molar-refractivity contribution < 1.29 is 13.2 Å². The molecule has 0 aliphatic carbocycles. The van der Waals surface area contributed by atoms with E-state index in [0.29, 0.717) is 12.1 Å². The molecule has 1 aromatic carbocycles. The van der Waals surface area contributed by atoms with Crippen LogP contribution in [0.25, 0.3) is 10.9 Å². The number of sulfonamides is 1. The van der Waals surface area contributed by atoms with E-state index in [-0.39, 0.29) is 12.1 Å². The van der Waals surface area contributed by atoms with Gasteiger partial charge in [-0.25, -0.2) is 13.4 Å². The third-order valence-corrected chi connectivity index (χ3v) is 6.93. The number of aromatic amines is 1. The van der Waals surface area contributed by atoms with Gasteiger partial charge in [0.25, 0.3) is 0 Å². The summed E-state index contributed by atoms with van der Waals surface area (Å²) in [5.74, 6) is 1.80. The van der Waals surface area contributed by atoms with Gasteiger partial charge in [-0.05, 0) is 62.6 Å². The van der Waals surface area contributed by atoms with Crippen LogP contribution in [0.15, 0.2) is 42.6 Å². The number of nitrogens with zero attached hydrogens (tertiary/aromatic N) is 3. The first-order valence-electron chi connectivity index (χ1n) is 12.1. The summed E-state index contributed by atoms with van der Waals surface area (Å²) in [6, 6.07) is 11.3. The number of benzene rings is 1. The van der Waals surface area contributed by atoms with Crippen LogP contribution in [0, 0.1) is 0 Å². The van der Waals surface area contributed by atoms with Crippen LogP contribution in [0.2, 0.25) is 0 Å². The SMILES string of the molecule is CCCN(c1ncccc1NCC)C1CCN(c2cc3cc(NS(C)(=O)=O)ccc3[nH]2)C(C=O)C1. The number of hydrogen-bond acceptors (Lipinski definition) is 7. The molecule has 1 aliphatic rings. The van der Waals surface area contributed by atoms with E-state index < -0.39 is 10.0 Å². The van der Waals surface area contributed by atoms with Crippen molar-refractivity contribution in [2.45, 2.75) is 45.2 Å². The van der Waals surface area contributed by atoms with E-state index in [0.717, 1.165) is 73.2 Å². The number of rotatable bonds is 10. The number of carbonyl (C=O) groups excluding carboxylic acids is 1. The van der Waals surface area contributed by atoms with Crippen molar-refractivity contribution in [3.05, 3.63) is 42.6 Å². The van der Waals surface area contributed by atoms with Crippen LogP contribution >= 0.6 is 0 Å². The smallest absolute Gasteiger partial charge is 0.229 e. The molecule has 3 heterocycles. The van der Waals surface area contributed by atoms with Crippen LogP contribution < -0.4 is 19.8 Å². The monoisotopic (exact) mass is 498 g/mol. The number of H-pyrrole nitrogens is 1. The van der Waals surface area contributed by atoms with E-state index in [4.69, 9.17) is 0 Å². The highest BCUT2D eigenvalue weighted by molar-refractivity contribution is 7.92. The predicted octanol–water partition coefficient (Wildman–Crippen LogP) is 3.82. The van der Waals surface area contributed by atoms with Crippen LogP contribution in [0.4, 0.5) is 23.0 Å². The molecule has 0 radical (unpaired) electrons. The molecule has 0 spiro atoms. The Morgan fingerprint density at radius 3 is 2.80 bits per heavy atom. The number of aldehydes is 1. The zero-order chi connectivity index (χ0) is 25.0. The van der Waals surface area contributed by atoms with E-state index in [1.54, 1.807) is 12.1 Å². The van der Waals surface area contributed by atoms with E-state index in [1.807, 2.05) is 24.4 Å². The van der Waals surface area contributed by atoms with Crippen molar-refractivity contribution in [3.63, 3.8) is 0 Å². The fourth-order valence-electron chi connectivity index (χ4n) is 4.90. The highest BCUT2D eigenvalue weighted by atomic mass is 32.2. The standard InChI is InChI=1S/C25H34N6O3S/c1-4-12-31(25-23(26-5-2)7-6-11-27-25)20-10-13-30(21(16-20)17-32)24-15-18-14-19(29-35(3,33)34)8-9-22(18)28-24/h6-9,11,14-15,17,20-21,26,28-29H,4-5,10,12-13,16H2,1-3H3. The largest absolute Gasteiger partial charge is 0.382 e. The normalized spacial score (nSPS) is 18.4.